The van der Waals surface area contributed by atoms with E-state index in [0.29, 0.717) is 45.2 Å². The van der Waals surface area contributed by atoms with Gasteiger partial charge in [-0.25, -0.2) is 4.79 Å². The van der Waals surface area contributed by atoms with Crippen LogP contribution in [0, 0.1) is 0 Å². The number of rotatable bonds is 7. The van der Waals surface area contributed by atoms with E-state index in [2.05, 4.69) is 10.6 Å². The molecule has 1 saturated heterocycles. The van der Waals surface area contributed by atoms with Crippen molar-refractivity contribution in [1.29, 1.82) is 0 Å². The van der Waals surface area contributed by atoms with E-state index in [0.717, 1.165) is 23.3 Å². The molecule has 1 heterocycles. The predicted octanol–water partition coefficient (Wildman–Crippen LogP) is 4.40. The average molecular weight is 437 g/mol. The number of hydrogen-bond donors (Lipinski definition) is 2. The minimum absolute atomic E-state index is 0.112. The number of carbonyl (C=O) groups is 1. The Bertz CT molecular complexity index is 867. The van der Waals surface area contributed by atoms with E-state index >= 15 is 0 Å². The van der Waals surface area contributed by atoms with E-state index in [1.54, 1.807) is 0 Å². The third kappa shape index (κ3) is 6.60. The van der Waals surface area contributed by atoms with Gasteiger partial charge in [0.05, 0.1) is 36.8 Å². The maximum atomic E-state index is 13.2. The first kappa shape index (κ1) is 22.9. The topological polar surface area (TPSA) is 62.8 Å². The van der Waals surface area contributed by atoms with Crippen LogP contribution in [0.5, 0.6) is 0 Å². The van der Waals surface area contributed by atoms with Crippen molar-refractivity contribution < 1.29 is 27.4 Å². The van der Waals surface area contributed by atoms with Crippen LogP contribution in [-0.2, 0) is 28.8 Å². The van der Waals surface area contributed by atoms with Crippen molar-refractivity contribution in [2.24, 2.45) is 0 Å². The van der Waals surface area contributed by atoms with Gasteiger partial charge in [-0.2, -0.15) is 13.2 Å². The van der Waals surface area contributed by atoms with Crippen molar-refractivity contribution in [2.75, 3.05) is 43.1 Å². The second-order valence-electron chi connectivity index (χ2n) is 7.09. The van der Waals surface area contributed by atoms with E-state index in [9.17, 15) is 18.0 Å². The van der Waals surface area contributed by atoms with Crippen LogP contribution in [0.15, 0.2) is 42.5 Å². The molecule has 0 aliphatic carbocycles. The van der Waals surface area contributed by atoms with Crippen molar-refractivity contribution in [1.82, 2.24) is 5.32 Å². The third-order valence-corrected chi connectivity index (χ3v) is 4.87. The summed E-state index contributed by atoms with van der Waals surface area (Å²) in [4.78, 5) is 14.3. The number of amides is 2. The number of anilines is 2. The van der Waals surface area contributed by atoms with E-state index in [1.807, 2.05) is 36.1 Å². The van der Waals surface area contributed by atoms with Crippen molar-refractivity contribution in [3.63, 3.8) is 0 Å². The molecule has 31 heavy (non-hydrogen) atoms. The lowest BCUT2D eigenvalue weighted by molar-refractivity contribution is -0.137. The predicted molar refractivity (Wildman–Crippen MR) is 112 cm³/mol. The molecule has 2 amide bonds. The fraction of sp³-hybridized carbons (Fsp3) is 0.409. The minimum Gasteiger partial charge on any atom is -0.378 e. The molecule has 0 saturated carbocycles. The zero-order chi connectivity index (χ0) is 22.3. The molecule has 2 N–H and O–H groups in total. The molecule has 0 unspecified atom stereocenters. The van der Waals surface area contributed by atoms with Gasteiger partial charge in [0.2, 0.25) is 0 Å². The second-order valence-corrected chi connectivity index (χ2v) is 7.09. The Morgan fingerprint density at radius 3 is 2.42 bits per heavy atom. The molecule has 0 atom stereocenters. The first-order valence-electron chi connectivity index (χ1n) is 10.1. The lowest BCUT2D eigenvalue weighted by Gasteiger charge is -2.31. The maximum absolute atomic E-state index is 13.2. The largest absolute Gasteiger partial charge is 0.416 e. The summed E-state index contributed by atoms with van der Waals surface area (Å²) in [6, 6.07) is 10.4. The Morgan fingerprint density at radius 1 is 1.10 bits per heavy atom. The highest BCUT2D eigenvalue weighted by Crippen LogP contribution is 2.35. The van der Waals surface area contributed by atoms with Gasteiger partial charge in [0.15, 0.2) is 0 Å². The molecule has 9 heteroatoms. The Hall–Kier alpha value is -2.78. The molecule has 1 aliphatic rings. The van der Waals surface area contributed by atoms with Crippen LogP contribution in [0.1, 0.15) is 23.6 Å². The smallest absolute Gasteiger partial charge is 0.378 e. The van der Waals surface area contributed by atoms with Gasteiger partial charge in [0.25, 0.3) is 0 Å². The van der Waals surface area contributed by atoms with Gasteiger partial charge in [-0.3, -0.25) is 0 Å². The first-order chi connectivity index (χ1) is 14.9. The molecule has 3 rings (SSSR count). The van der Waals surface area contributed by atoms with Crippen LogP contribution in [-0.4, -0.2) is 38.9 Å². The quantitative estimate of drug-likeness (QED) is 0.674. The SMILES string of the molecule is CCOCc1ccc(CNC(=O)Nc2cc(C(F)(F)F)ccc2N2CCOCC2)cc1. The molecule has 1 fully saturated rings. The number of hydrogen-bond acceptors (Lipinski definition) is 4. The molecule has 0 bridgehead atoms. The van der Waals surface area contributed by atoms with Crippen molar-refractivity contribution in [3.8, 4) is 0 Å². The molecule has 0 spiro atoms. The summed E-state index contributed by atoms with van der Waals surface area (Å²) in [5, 5.41) is 5.27. The van der Waals surface area contributed by atoms with Gasteiger partial charge < -0.3 is 25.0 Å². The molecule has 1 aliphatic heterocycles. The van der Waals surface area contributed by atoms with Gasteiger partial charge in [-0.05, 0) is 36.2 Å². The highest BCUT2D eigenvalue weighted by Gasteiger charge is 2.32. The highest BCUT2D eigenvalue weighted by atomic mass is 19.4. The number of carbonyl (C=O) groups excluding carboxylic acids is 1. The van der Waals surface area contributed by atoms with E-state index in [1.165, 1.54) is 6.07 Å². The molecule has 2 aromatic rings. The summed E-state index contributed by atoms with van der Waals surface area (Å²) in [6.07, 6.45) is -4.50. The summed E-state index contributed by atoms with van der Waals surface area (Å²) < 4.78 is 50.2. The fourth-order valence-corrected chi connectivity index (χ4v) is 3.21. The number of nitrogens with zero attached hydrogens (tertiary/aromatic N) is 1. The molecular weight excluding hydrogens is 411 g/mol. The summed E-state index contributed by atoms with van der Waals surface area (Å²) in [5.41, 5.74) is 1.72. The Balaban J connectivity index is 1.67. The highest BCUT2D eigenvalue weighted by molar-refractivity contribution is 5.93. The summed E-state index contributed by atoms with van der Waals surface area (Å²) >= 11 is 0. The van der Waals surface area contributed by atoms with E-state index in [-0.39, 0.29) is 12.2 Å². The fourth-order valence-electron chi connectivity index (χ4n) is 3.21. The van der Waals surface area contributed by atoms with Gasteiger partial charge in [-0.1, -0.05) is 24.3 Å². The molecular formula is C22H26F3N3O3. The Labute approximate surface area is 179 Å². The lowest BCUT2D eigenvalue weighted by Crippen LogP contribution is -2.37. The molecule has 6 nitrogen and oxygen atoms in total. The standard InChI is InChI=1S/C22H26F3N3O3/c1-2-30-15-17-5-3-16(4-6-17)14-26-21(29)27-19-13-18(22(23,24)25)7-8-20(19)28-9-11-31-12-10-28/h3-8,13H,2,9-12,14-15H2,1H3,(H2,26,27,29). The van der Waals surface area contributed by atoms with Crippen LogP contribution in [0.2, 0.25) is 0 Å². The molecule has 168 valence electrons. The monoisotopic (exact) mass is 437 g/mol. The maximum Gasteiger partial charge on any atom is 0.416 e. The second kappa shape index (κ2) is 10.5. The van der Waals surface area contributed by atoms with E-state index in [4.69, 9.17) is 9.47 Å². The van der Waals surface area contributed by atoms with Crippen molar-refractivity contribution in [2.45, 2.75) is 26.3 Å². The number of morpholine rings is 1. The number of halogens is 3. The zero-order valence-electron chi connectivity index (χ0n) is 17.3. The number of nitrogens with one attached hydrogen (secondary N) is 2. The van der Waals surface area contributed by atoms with Crippen molar-refractivity contribution in [3.05, 3.63) is 59.2 Å². The third-order valence-electron chi connectivity index (χ3n) is 4.87. The summed E-state index contributed by atoms with van der Waals surface area (Å²) in [5.74, 6) is 0. The van der Waals surface area contributed by atoms with Crippen LogP contribution in [0.4, 0.5) is 29.3 Å². The van der Waals surface area contributed by atoms with Crippen LogP contribution >= 0.6 is 0 Å². The van der Waals surface area contributed by atoms with Gasteiger partial charge in [0.1, 0.15) is 0 Å². The van der Waals surface area contributed by atoms with Crippen LogP contribution in [0.25, 0.3) is 0 Å². The number of ether oxygens (including phenoxy) is 2. The lowest BCUT2D eigenvalue weighted by atomic mass is 10.1. The summed E-state index contributed by atoms with van der Waals surface area (Å²) in [6.45, 7) is 5.35. The van der Waals surface area contributed by atoms with Crippen molar-refractivity contribution >= 4 is 17.4 Å². The van der Waals surface area contributed by atoms with Gasteiger partial charge in [0, 0.05) is 26.2 Å². The van der Waals surface area contributed by atoms with Crippen LogP contribution < -0.4 is 15.5 Å². The van der Waals surface area contributed by atoms with E-state index < -0.39 is 17.8 Å². The molecule has 0 aromatic heterocycles. The Morgan fingerprint density at radius 2 is 1.77 bits per heavy atom. The van der Waals surface area contributed by atoms with Gasteiger partial charge in [-0.15, -0.1) is 0 Å². The van der Waals surface area contributed by atoms with Gasteiger partial charge >= 0.3 is 12.2 Å². The zero-order valence-corrected chi connectivity index (χ0v) is 17.3. The Kier molecular flexibility index (Phi) is 7.75. The average Bonchev–Trinajstić information content (AvgIpc) is 2.77. The number of urea groups is 1. The van der Waals surface area contributed by atoms with Crippen LogP contribution in [0.3, 0.4) is 0 Å². The number of benzene rings is 2. The number of alkyl halides is 3. The minimum atomic E-state index is -4.50. The normalized spacial score (nSPS) is 14.4. The first-order valence-corrected chi connectivity index (χ1v) is 10.1. The summed E-state index contributed by atoms with van der Waals surface area (Å²) in [7, 11) is 0. The molecule has 0 radical (unpaired) electrons. The molecule has 2 aromatic carbocycles.